The fraction of sp³-hybridized carbons (Fsp3) is 0.235. The molecule has 6 heteroatoms. The zero-order chi connectivity index (χ0) is 16.4. The highest BCUT2D eigenvalue weighted by molar-refractivity contribution is 7.80. The van der Waals surface area contributed by atoms with Crippen molar-refractivity contribution in [1.82, 2.24) is 4.90 Å². The zero-order valence-electron chi connectivity index (χ0n) is 12.2. The standard InChI is InChI=1S/C17H15ClF2N2S/c18-14-9-12(5-8-16(14)20)21-17(23)22(13-6-7-13)10-11-3-1-2-4-15(11)19/h1-5,8-9,13H,6-7,10H2,(H,21,23). The molecular formula is C17H15ClF2N2S. The quantitative estimate of drug-likeness (QED) is 0.781. The molecule has 1 aliphatic carbocycles. The first-order valence-corrected chi connectivity index (χ1v) is 8.09. The van der Waals surface area contributed by atoms with E-state index in [9.17, 15) is 8.78 Å². The first-order chi connectivity index (χ1) is 11.0. The van der Waals surface area contributed by atoms with Crippen LogP contribution in [0.4, 0.5) is 14.5 Å². The minimum absolute atomic E-state index is 0.0323. The van der Waals surface area contributed by atoms with Crippen LogP contribution in [0.25, 0.3) is 0 Å². The Morgan fingerprint density at radius 3 is 2.57 bits per heavy atom. The van der Waals surface area contributed by atoms with Crippen LogP contribution in [0.15, 0.2) is 42.5 Å². The summed E-state index contributed by atoms with van der Waals surface area (Å²) in [5.41, 5.74) is 1.21. The van der Waals surface area contributed by atoms with Gasteiger partial charge in [0.05, 0.1) is 5.02 Å². The van der Waals surface area contributed by atoms with Gasteiger partial charge in [-0.15, -0.1) is 0 Å². The molecule has 0 unspecified atom stereocenters. The van der Waals surface area contributed by atoms with E-state index in [1.165, 1.54) is 18.2 Å². The van der Waals surface area contributed by atoms with Crippen LogP contribution in [-0.4, -0.2) is 16.1 Å². The van der Waals surface area contributed by atoms with Gasteiger partial charge in [-0.1, -0.05) is 29.8 Å². The molecule has 0 amide bonds. The molecule has 0 bridgehead atoms. The Balaban J connectivity index is 1.74. The minimum Gasteiger partial charge on any atom is -0.342 e. The van der Waals surface area contributed by atoms with Crippen molar-refractivity contribution >= 4 is 34.6 Å². The van der Waals surface area contributed by atoms with Crippen LogP contribution < -0.4 is 5.32 Å². The largest absolute Gasteiger partial charge is 0.342 e. The number of thiocarbonyl (C=S) groups is 1. The molecule has 2 aromatic rings. The van der Waals surface area contributed by atoms with Crippen molar-refractivity contribution in [3.8, 4) is 0 Å². The van der Waals surface area contributed by atoms with Gasteiger partial charge in [-0.05, 0) is 49.3 Å². The van der Waals surface area contributed by atoms with Crippen LogP contribution in [0.5, 0.6) is 0 Å². The summed E-state index contributed by atoms with van der Waals surface area (Å²) in [5, 5.41) is 3.57. The van der Waals surface area contributed by atoms with Gasteiger partial charge in [0.15, 0.2) is 5.11 Å². The predicted molar refractivity (Wildman–Crippen MR) is 92.6 cm³/mol. The van der Waals surface area contributed by atoms with E-state index in [1.807, 2.05) is 4.90 Å². The SMILES string of the molecule is Fc1ccc(NC(=S)N(Cc2ccccc2F)C2CC2)cc1Cl. The molecule has 0 saturated heterocycles. The molecule has 1 N–H and O–H groups in total. The van der Waals surface area contributed by atoms with Gasteiger partial charge in [0.1, 0.15) is 11.6 Å². The third-order valence-electron chi connectivity index (χ3n) is 3.72. The summed E-state index contributed by atoms with van der Waals surface area (Å²) < 4.78 is 27.1. The van der Waals surface area contributed by atoms with Gasteiger partial charge in [-0.25, -0.2) is 8.78 Å². The number of halogens is 3. The second-order valence-electron chi connectivity index (χ2n) is 5.51. The number of rotatable bonds is 4. The van der Waals surface area contributed by atoms with Gasteiger partial charge in [0.2, 0.25) is 0 Å². The average Bonchev–Trinajstić information content (AvgIpc) is 3.35. The van der Waals surface area contributed by atoms with Crippen LogP contribution in [0.3, 0.4) is 0 Å². The van der Waals surface area contributed by atoms with E-state index in [0.29, 0.717) is 28.9 Å². The third-order valence-corrected chi connectivity index (χ3v) is 4.34. The van der Waals surface area contributed by atoms with E-state index < -0.39 is 5.82 Å². The van der Waals surface area contributed by atoms with Gasteiger partial charge >= 0.3 is 0 Å². The lowest BCUT2D eigenvalue weighted by molar-refractivity contribution is 0.400. The second-order valence-corrected chi connectivity index (χ2v) is 6.30. The highest BCUT2D eigenvalue weighted by Gasteiger charge is 2.31. The Bertz CT molecular complexity index is 734. The third kappa shape index (κ3) is 3.98. The zero-order valence-corrected chi connectivity index (χ0v) is 13.8. The Kier molecular flexibility index (Phi) is 4.78. The number of anilines is 1. The van der Waals surface area contributed by atoms with Crippen LogP contribution in [-0.2, 0) is 6.54 Å². The van der Waals surface area contributed by atoms with Crippen molar-refractivity contribution in [2.24, 2.45) is 0 Å². The number of nitrogens with one attached hydrogen (secondary N) is 1. The highest BCUT2D eigenvalue weighted by atomic mass is 35.5. The molecule has 0 aliphatic heterocycles. The van der Waals surface area contributed by atoms with Gasteiger partial charge in [-0.2, -0.15) is 0 Å². The maximum absolute atomic E-state index is 13.9. The highest BCUT2D eigenvalue weighted by Crippen LogP contribution is 2.30. The van der Waals surface area contributed by atoms with E-state index in [0.717, 1.165) is 12.8 Å². The van der Waals surface area contributed by atoms with E-state index in [-0.39, 0.29) is 10.8 Å². The lowest BCUT2D eigenvalue weighted by Gasteiger charge is -2.26. The van der Waals surface area contributed by atoms with Gasteiger partial charge < -0.3 is 10.2 Å². The number of hydrogen-bond donors (Lipinski definition) is 1. The molecule has 2 aromatic carbocycles. The molecule has 0 heterocycles. The molecular weight excluding hydrogens is 338 g/mol. The van der Waals surface area contributed by atoms with Crippen molar-refractivity contribution in [1.29, 1.82) is 0 Å². The molecule has 1 aliphatic rings. The average molecular weight is 353 g/mol. The van der Waals surface area contributed by atoms with Gasteiger partial charge in [0, 0.05) is 23.8 Å². The first kappa shape index (κ1) is 16.1. The smallest absolute Gasteiger partial charge is 0.173 e. The topological polar surface area (TPSA) is 15.3 Å². The van der Waals surface area contributed by atoms with E-state index >= 15 is 0 Å². The molecule has 1 saturated carbocycles. The predicted octanol–water partition coefficient (Wildman–Crippen LogP) is 4.98. The maximum Gasteiger partial charge on any atom is 0.173 e. The van der Waals surface area contributed by atoms with Crippen LogP contribution >= 0.6 is 23.8 Å². The fourth-order valence-corrected chi connectivity index (χ4v) is 2.84. The summed E-state index contributed by atoms with van der Waals surface area (Å²) in [5.74, 6) is -0.723. The minimum atomic E-state index is -0.478. The summed E-state index contributed by atoms with van der Waals surface area (Å²) in [6, 6.07) is 11.3. The van der Waals surface area contributed by atoms with Crippen LogP contribution in [0.2, 0.25) is 5.02 Å². The monoisotopic (exact) mass is 352 g/mol. The lowest BCUT2D eigenvalue weighted by Crippen LogP contribution is -2.36. The fourth-order valence-electron chi connectivity index (χ4n) is 2.33. The Labute approximate surface area is 144 Å². The van der Waals surface area contributed by atoms with E-state index in [4.69, 9.17) is 23.8 Å². The first-order valence-electron chi connectivity index (χ1n) is 7.30. The van der Waals surface area contributed by atoms with Crippen LogP contribution in [0.1, 0.15) is 18.4 Å². The number of benzene rings is 2. The summed E-state index contributed by atoms with van der Waals surface area (Å²) >= 11 is 11.2. The van der Waals surface area contributed by atoms with Crippen LogP contribution in [0, 0.1) is 11.6 Å². The van der Waals surface area contributed by atoms with Crippen molar-refractivity contribution in [3.05, 3.63) is 64.7 Å². The molecule has 0 spiro atoms. The van der Waals surface area contributed by atoms with Crippen molar-refractivity contribution in [2.75, 3.05) is 5.32 Å². The molecule has 120 valence electrons. The second kappa shape index (κ2) is 6.81. The van der Waals surface area contributed by atoms with E-state index in [2.05, 4.69) is 5.32 Å². The van der Waals surface area contributed by atoms with E-state index in [1.54, 1.807) is 24.3 Å². The molecule has 3 rings (SSSR count). The lowest BCUT2D eigenvalue weighted by atomic mass is 10.2. The Morgan fingerprint density at radius 1 is 1.17 bits per heavy atom. The number of hydrogen-bond acceptors (Lipinski definition) is 1. The summed E-state index contributed by atoms with van der Waals surface area (Å²) in [6.07, 6.45) is 2.06. The molecule has 0 atom stereocenters. The summed E-state index contributed by atoms with van der Waals surface area (Å²) in [6.45, 7) is 0.401. The molecule has 1 fully saturated rings. The molecule has 2 nitrogen and oxygen atoms in total. The molecule has 0 radical (unpaired) electrons. The van der Waals surface area contributed by atoms with Crippen molar-refractivity contribution in [2.45, 2.75) is 25.4 Å². The normalized spacial score (nSPS) is 13.7. The summed E-state index contributed by atoms with van der Waals surface area (Å²) in [4.78, 5) is 1.96. The van der Waals surface area contributed by atoms with Crippen molar-refractivity contribution < 1.29 is 8.78 Å². The molecule has 0 aromatic heterocycles. The molecule has 23 heavy (non-hydrogen) atoms. The van der Waals surface area contributed by atoms with Gasteiger partial charge in [-0.3, -0.25) is 0 Å². The number of nitrogens with zero attached hydrogens (tertiary/aromatic N) is 1. The van der Waals surface area contributed by atoms with Crippen molar-refractivity contribution in [3.63, 3.8) is 0 Å². The maximum atomic E-state index is 13.9. The van der Waals surface area contributed by atoms with Gasteiger partial charge in [0.25, 0.3) is 0 Å². The Morgan fingerprint density at radius 2 is 1.91 bits per heavy atom. The Hall–Kier alpha value is -1.72. The summed E-state index contributed by atoms with van der Waals surface area (Å²) in [7, 11) is 0.